The SMILES string of the molecule is CC(C)O.Oc1c(O)c(Cl)c(-[n+]2ccccc2)c(Cl)c1Cl.[Cl-]. The second-order valence-corrected chi connectivity index (χ2v) is 5.50. The third kappa shape index (κ3) is 5.07. The summed E-state index contributed by atoms with van der Waals surface area (Å²) >= 11 is 17.7. The van der Waals surface area contributed by atoms with E-state index in [0.29, 0.717) is 5.69 Å². The number of aromatic nitrogens is 1. The Bertz CT molecular complexity index is 589. The van der Waals surface area contributed by atoms with Crippen LogP contribution in [0.3, 0.4) is 0 Å². The lowest BCUT2D eigenvalue weighted by atomic mass is 10.2. The molecule has 0 aliphatic carbocycles. The van der Waals surface area contributed by atoms with Gasteiger partial charge in [0.15, 0.2) is 28.9 Å². The number of phenolic OH excluding ortho intramolecular Hbond substituents is 2. The number of halogens is 4. The quantitative estimate of drug-likeness (QED) is 0.384. The van der Waals surface area contributed by atoms with Gasteiger partial charge in [0.2, 0.25) is 0 Å². The van der Waals surface area contributed by atoms with Crippen molar-refractivity contribution in [3.8, 4) is 17.2 Å². The first-order valence-corrected chi connectivity index (χ1v) is 7.13. The first-order valence-electron chi connectivity index (χ1n) is 6.00. The van der Waals surface area contributed by atoms with Gasteiger partial charge in [-0.15, -0.1) is 0 Å². The maximum atomic E-state index is 9.62. The molecule has 2 aromatic rings. The standard InChI is InChI=1S/C11H6Cl3NO2.C3H8O.ClH/c12-6-7(13)10(16)11(17)8(14)9(6)15-4-2-1-3-5-15;1-3(2)4;/h1-5H,(H-,16,17);3-4H,1-2H3;1H. The molecule has 3 N–H and O–H groups in total. The molecule has 0 saturated heterocycles. The maximum absolute atomic E-state index is 9.62. The predicted octanol–water partition coefficient (Wildman–Crippen LogP) is 0.726. The Hall–Kier alpha value is -0.910. The van der Waals surface area contributed by atoms with Crippen molar-refractivity contribution < 1.29 is 32.3 Å². The molecule has 8 heteroatoms. The highest BCUT2D eigenvalue weighted by Gasteiger charge is 2.26. The highest BCUT2D eigenvalue weighted by atomic mass is 35.5. The van der Waals surface area contributed by atoms with Gasteiger partial charge < -0.3 is 27.7 Å². The molecule has 22 heavy (non-hydrogen) atoms. The van der Waals surface area contributed by atoms with E-state index in [9.17, 15) is 10.2 Å². The average molecular weight is 387 g/mol. The molecule has 1 aromatic heterocycles. The number of aliphatic hydroxyl groups excluding tert-OH is 1. The average Bonchev–Trinajstić information content (AvgIpc) is 2.44. The molecule has 0 radical (unpaired) electrons. The molecular weight excluding hydrogens is 372 g/mol. The Morgan fingerprint density at radius 3 is 1.73 bits per heavy atom. The van der Waals surface area contributed by atoms with Crippen molar-refractivity contribution in [1.29, 1.82) is 0 Å². The van der Waals surface area contributed by atoms with E-state index >= 15 is 0 Å². The number of hydrogen-bond donors (Lipinski definition) is 3. The van der Waals surface area contributed by atoms with Crippen molar-refractivity contribution in [2.45, 2.75) is 20.0 Å². The topological polar surface area (TPSA) is 64.6 Å². The van der Waals surface area contributed by atoms with Crippen LogP contribution in [0.4, 0.5) is 0 Å². The normalized spacial score (nSPS) is 9.77. The lowest BCUT2D eigenvalue weighted by molar-refractivity contribution is -0.595. The molecule has 0 fully saturated rings. The van der Waals surface area contributed by atoms with Gasteiger partial charge in [-0.05, 0) is 13.8 Å². The van der Waals surface area contributed by atoms with Crippen molar-refractivity contribution in [2.75, 3.05) is 0 Å². The maximum Gasteiger partial charge on any atom is 0.253 e. The molecule has 1 aromatic carbocycles. The summed E-state index contributed by atoms with van der Waals surface area (Å²) in [6, 6.07) is 5.36. The minimum Gasteiger partial charge on any atom is -1.00 e. The van der Waals surface area contributed by atoms with Crippen LogP contribution in [0.15, 0.2) is 30.6 Å². The van der Waals surface area contributed by atoms with E-state index in [4.69, 9.17) is 39.9 Å². The van der Waals surface area contributed by atoms with E-state index in [0.717, 1.165) is 0 Å². The second-order valence-electron chi connectivity index (χ2n) is 4.36. The molecule has 122 valence electrons. The third-order valence-corrected chi connectivity index (χ3v) is 3.41. The summed E-state index contributed by atoms with van der Waals surface area (Å²) in [5.41, 5.74) is 0.314. The highest BCUT2D eigenvalue weighted by Crippen LogP contribution is 2.46. The third-order valence-electron chi connectivity index (χ3n) is 2.22. The molecule has 0 atom stereocenters. The zero-order valence-corrected chi connectivity index (χ0v) is 14.8. The van der Waals surface area contributed by atoms with Crippen LogP contribution in [-0.2, 0) is 0 Å². The van der Waals surface area contributed by atoms with Gasteiger partial charge in [-0.3, -0.25) is 0 Å². The van der Waals surface area contributed by atoms with Crippen LogP contribution < -0.4 is 17.0 Å². The number of pyridine rings is 1. The van der Waals surface area contributed by atoms with Gasteiger partial charge >= 0.3 is 0 Å². The summed E-state index contributed by atoms with van der Waals surface area (Å²) in [7, 11) is 0. The molecule has 0 aliphatic heterocycles. The summed E-state index contributed by atoms with van der Waals surface area (Å²) in [5.74, 6) is -1.02. The van der Waals surface area contributed by atoms with Crippen molar-refractivity contribution >= 4 is 34.8 Å². The molecule has 0 aliphatic rings. The van der Waals surface area contributed by atoms with Crippen LogP contribution in [-0.4, -0.2) is 21.4 Å². The predicted molar refractivity (Wildman–Crippen MR) is 83.7 cm³/mol. The van der Waals surface area contributed by atoms with Gasteiger partial charge in [0.25, 0.3) is 5.69 Å². The van der Waals surface area contributed by atoms with Crippen LogP contribution in [0.1, 0.15) is 13.8 Å². The summed E-state index contributed by atoms with van der Waals surface area (Å²) in [5, 5.41) is 27.0. The van der Waals surface area contributed by atoms with Gasteiger partial charge in [0.1, 0.15) is 10.0 Å². The van der Waals surface area contributed by atoms with Crippen molar-refractivity contribution in [3.05, 3.63) is 45.7 Å². The molecular formula is C14H15Cl4NO3. The summed E-state index contributed by atoms with van der Waals surface area (Å²) in [6.45, 7) is 3.44. The van der Waals surface area contributed by atoms with Gasteiger partial charge in [-0.1, -0.05) is 40.9 Å². The molecule has 1 heterocycles. The molecule has 2 rings (SSSR count). The lowest BCUT2D eigenvalue weighted by Gasteiger charge is -2.07. The number of phenols is 2. The fourth-order valence-corrected chi connectivity index (χ4v) is 2.19. The molecule has 0 bridgehead atoms. The van der Waals surface area contributed by atoms with Gasteiger partial charge in [-0.25, -0.2) is 0 Å². The zero-order valence-electron chi connectivity index (χ0n) is 11.8. The van der Waals surface area contributed by atoms with Gasteiger partial charge in [-0.2, -0.15) is 4.57 Å². The molecule has 0 amide bonds. The number of benzene rings is 1. The van der Waals surface area contributed by atoms with Gasteiger partial charge in [0, 0.05) is 18.2 Å². The van der Waals surface area contributed by atoms with Crippen molar-refractivity contribution in [1.82, 2.24) is 0 Å². The summed E-state index contributed by atoms with van der Waals surface area (Å²) < 4.78 is 1.59. The second kappa shape index (κ2) is 9.28. The van der Waals surface area contributed by atoms with Crippen LogP contribution >= 0.6 is 34.8 Å². The Labute approximate surface area is 149 Å². The number of nitrogens with zero attached hydrogens (tertiary/aromatic N) is 1. The number of rotatable bonds is 1. The minimum atomic E-state index is -0.526. The van der Waals surface area contributed by atoms with E-state index in [1.165, 1.54) is 0 Å². The number of hydrogen-bond acceptors (Lipinski definition) is 3. The smallest absolute Gasteiger partial charge is 0.253 e. The first kappa shape index (κ1) is 21.1. The largest absolute Gasteiger partial charge is 1.00 e. The Kier molecular flexibility index (Phi) is 8.89. The Morgan fingerprint density at radius 1 is 0.864 bits per heavy atom. The van der Waals surface area contributed by atoms with E-state index in [2.05, 4.69) is 0 Å². The Morgan fingerprint density at radius 2 is 1.27 bits per heavy atom. The minimum absolute atomic E-state index is 0. The fourth-order valence-electron chi connectivity index (χ4n) is 1.40. The summed E-state index contributed by atoms with van der Waals surface area (Å²) in [6.07, 6.45) is 3.22. The van der Waals surface area contributed by atoms with Crippen LogP contribution in [0, 0.1) is 0 Å². The molecule has 0 unspecified atom stereocenters. The first-order chi connectivity index (χ1) is 9.77. The monoisotopic (exact) mass is 385 g/mol. The Balaban J connectivity index is 0.000000791. The van der Waals surface area contributed by atoms with E-state index in [1.54, 1.807) is 42.9 Å². The van der Waals surface area contributed by atoms with Crippen molar-refractivity contribution in [2.24, 2.45) is 0 Å². The van der Waals surface area contributed by atoms with E-state index < -0.39 is 11.5 Å². The lowest BCUT2D eigenvalue weighted by Crippen LogP contribution is -3.00. The number of aliphatic hydroxyl groups is 1. The van der Waals surface area contributed by atoms with Crippen molar-refractivity contribution in [3.63, 3.8) is 0 Å². The van der Waals surface area contributed by atoms with E-state index in [1.807, 2.05) is 6.07 Å². The highest BCUT2D eigenvalue weighted by molar-refractivity contribution is 6.46. The van der Waals surface area contributed by atoms with E-state index in [-0.39, 0.29) is 33.6 Å². The molecule has 4 nitrogen and oxygen atoms in total. The van der Waals surface area contributed by atoms with Gasteiger partial charge in [0.05, 0.1) is 0 Å². The number of aromatic hydroxyl groups is 2. The van der Waals surface area contributed by atoms with Crippen LogP contribution in [0.25, 0.3) is 5.69 Å². The fraction of sp³-hybridized carbons (Fsp3) is 0.214. The van der Waals surface area contributed by atoms with Crippen LogP contribution in [0.2, 0.25) is 15.1 Å². The molecule has 0 saturated carbocycles. The molecule has 0 spiro atoms. The summed E-state index contributed by atoms with van der Waals surface area (Å²) in [4.78, 5) is 0. The zero-order chi connectivity index (χ0) is 16.2. The van der Waals surface area contributed by atoms with Crippen LogP contribution in [0.5, 0.6) is 11.5 Å².